The third kappa shape index (κ3) is 4.00. The molecule has 1 fully saturated rings. The van der Waals surface area contributed by atoms with E-state index in [0.717, 1.165) is 57.5 Å². The van der Waals surface area contributed by atoms with Crippen molar-refractivity contribution in [2.45, 2.75) is 33.2 Å². The zero-order valence-corrected chi connectivity index (χ0v) is 22.4. The summed E-state index contributed by atoms with van der Waals surface area (Å²) in [6.45, 7) is 4.34. The molecule has 3 N–H and O–H groups in total. The molecule has 5 aromatic rings. The van der Waals surface area contributed by atoms with Crippen LogP contribution in [0.2, 0.25) is 0 Å². The highest BCUT2D eigenvalue weighted by Crippen LogP contribution is 2.39. The molecule has 0 saturated heterocycles. The van der Waals surface area contributed by atoms with Gasteiger partial charge in [-0.25, -0.2) is 9.97 Å². The molecule has 2 aliphatic rings. The van der Waals surface area contributed by atoms with Gasteiger partial charge in [0.25, 0.3) is 5.91 Å². The molecule has 1 aliphatic carbocycles. The third-order valence-electron chi connectivity index (χ3n) is 7.74. The molecule has 200 valence electrons. The van der Waals surface area contributed by atoms with Gasteiger partial charge in [-0.2, -0.15) is 5.10 Å². The van der Waals surface area contributed by atoms with Gasteiger partial charge in [0.15, 0.2) is 5.82 Å². The molecule has 7 rings (SSSR count). The Kier molecular flexibility index (Phi) is 5.44. The second kappa shape index (κ2) is 9.04. The van der Waals surface area contributed by atoms with Crippen molar-refractivity contribution in [3.63, 3.8) is 0 Å². The summed E-state index contributed by atoms with van der Waals surface area (Å²) in [6, 6.07) is 13.4. The normalized spacial score (nSPS) is 14.6. The Morgan fingerprint density at radius 3 is 2.70 bits per heavy atom. The van der Waals surface area contributed by atoms with E-state index in [0.29, 0.717) is 29.6 Å². The molecule has 40 heavy (non-hydrogen) atoms. The van der Waals surface area contributed by atoms with E-state index in [2.05, 4.69) is 25.7 Å². The van der Waals surface area contributed by atoms with Gasteiger partial charge in [0.1, 0.15) is 0 Å². The first-order valence-electron chi connectivity index (χ1n) is 13.3. The zero-order chi connectivity index (χ0) is 27.5. The van der Waals surface area contributed by atoms with E-state index in [1.54, 1.807) is 15.8 Å². The minimum absolute atomic E-state index is 0.0303. The van der Waals surface area contributed by atoms with Crippen molar-refractivity contribution in [3.05, 3.63) is 77.2 Å². The lowest BCUT2D eigenvalue weighted by molar-refractivity contribution is -0.117. The van der Waals surface area contributed by atoms with Gasteiger partial charge in [-0.3, -0.25) is 14.3 Å². The molecule has 10 heteroatoms. The number of aromatic nitrogens is 5. The van der Waals surface area contributed by atoms with Gasteiger partial charge in [0.2, 0.25) is 11.9 Å². The summed E-state index contributed by atoms with van der Waals surface area (Å²) >= 11 is 0. The van der Waals surface area contributed by atoms with Crippen molar-refractivity contribution >= 4 is 45.9 Å². The highest BCUT2D eigenvalue weighted by Gasteiger charge is 2.34. The fourth-order valence-electron chi connectivity index (χ4n) is 5.30. The van der Waals surface area contributed by atoms with Crippen LogP contribution >= 0.6 is 0 Å². The first-order valence-corrected chi connectivity index (χ1v) is 13.3. The standard InChI is InChI=1S/C30H28N8O2/c1-16-13-32-30(34-25-12-17(2)37(3)36-25)35-26(16)21-14-31-27-19(21)6-5-9-24(27)38-15-22-20(29(38)40)7-4-8-23(22)33-28(39)18-10-11-18/h4-9,12-14,18,31H,10-11,15H2,1-3H3,(H,33,39)(H,32,34,35,36). The Morgan fingerprint density at radius 2 is 1.93 bits per heavy atom. The molecule has 2 aromatic carbocycles. The molecule has 0 radical (unpaired) electrons. The van der Waals surface area contributed by atoms with Crippen LogP contribution in [0.15, 0.2) is 54.9 Å². The van der Waals surface area contributed by atoms with Crippen molar-refractivity contribution in [1.82, 2.24) is 24.7 Å². The minimum atomic E-state index is -0.0865. The maximum Gasteiger partial charge on any atom is 0.259 e. The van der Waals surface area contributed by atoms with E-state index in [4.69, 9.17) is 4.98 Å². The Hall–Kier alpha value is -4.99. The van der Waals surface area contributed by atoms with Crippen molar-refractivity contribution in [2.75, 3.05) is 15.5 Å². The van der Waals surface area contributed by atoms with E-state index >= 15 is 0 Å². The number of aryl methyl sites for hydroxylation is 3. The highest BCUT2D eigenvalue weighted by molar-refractivity contribution is 6.15. The lowest BCUT2D eigenvalue weighted by atomic mass is 10.1. The van der Waals surface area contributed by atoms with Crippen LogP contribution in [0.1, 0.15) is 40.0 Å². The number of aromatic amines is 1. The van der Waals surface area contributed by atoms with Crippen LogP contribution in [0.4, 0.5) is 23.1 Å². The monoisotopic (exact) mass is 532 g/mol. The maximum absolute atomic E-state index is 13.6. The number of fused-ring (bicyclic) bond motifs is 2. The summed E-state index contributed by atoms with van der Waals surface area (Å²) in [5, 5.41) is 11.6. The first kappa shape index (κ1) is 24.1. The van der Waals surface area contributed by atoms with Crippen LogP contribution < -0.4 is 15.5 Å². The van der Waals surface area contributed by atoms with Gasteiger partial charge in [-0.1, -0.05) is 18.2 Å². The van der Waals surface area contributed by atoms with Crippen molar-refractivity contribution in [1.29, 1.82) is 0 Å². The van der Waals surface area contributed by atoms with Crippen LogP contribution in [0.3, 0.4) is 0 Å². The van der Waals surface area contributed by atoms with Crippen molar-refractivity contribution in [3.8, 4) is 11.3 Å². The number of carbonyl (C=O) groups excluding carboxylic acids is 2. The number of H-pyrrole nitrogens is 1. The molecule has 1 saturated carbocycles. The number of rotatable bonds is 6. The number of benzene rings is 2. The van der Waals surface area contributed by atoms with Crippen LogP contribution in [-0.2, 0) is 18.4 Å². The molecular formula is C30H28N8O2. The van der Waals surface area contributed by atoms with Gasteiger partial charge in [-0.15, -0.1) is 0 Å². The quantitative estimate of drug-likeness (QED) is 0.275. The predicted octanol–water partition coefficient (Wildman–Crippen LogP) is 5.23. The molecule has 3 aromatic heterocycles. The molecular weight excluding hydrogens is 504 g/mol. The number of hydrogen-bond donors (Lipinski definition) is 3. The van der Waals surface area contributed by atoms with E-state index in [1.165, 1.54) is 0 Å². The van der Waals surface area contributed by atoms with Crippen LogP contribution in [0.25, 0.3) is 22.2 Å². The van der Waals surface area contributed by atoms with Crippen molar-refractivity contribution < 1.29 is 9.59 Å². The SMILES string of the molecule is Cc1cnc(Nc2cc(C)n(C)n2)nc1-c1c[nH]c2c(N3Cc4c(NC(=O)C5CC5)cccc4C3=O)cccc12. The second-order valence-corrected chi connectivity index (χ2v) is 10.5. The fourth-order valence-corrected chi connectivity index (χ4v) is 5.30. The summed E-state index contributed by atoms with van der Waals surface area (Å²) in [6.07, 6.45) is 5.57. The lowest BCUT2D eigenvalue weighted by Crippen LogP contribution is -2.23. The second-order valence-electron chi connectivity index (χ2n) is 10.5. The zero-order valence-electron chi connectivity index (χ0n) is 22.4. The number of carbonyl (C=O) groups is 2. The molecule has 0 unspecified atom stereocenters. The number of anilines is 4. The Morgan fingerprint density at radius 1 is 1.10 bits per heavy atom. The highest BCUT2D eigenvalue weighted by atomic mass is 16.2. The smallest absolute Gasteiger partial charge is 0.259 e. The minimum Gasteiger partial charge on any atom is -0.359 e. The number of amides is 2. The van der Waals surface area contributed by atoms with E-state index < -0.39 is 0 Å². The lowest BCUT2D eigenvalue weighted by Gasteiger charge is -2.17. The Bertz CT molecular complexity index is 1810. The predicted molar refractivity (Wildman–Crippen MR) is 154 cm³/mol. The number of hydrogen-bond acceptors (Lipinski definition) is 6. The van der Waals surface area contributed by atoms with E-state index in [-0.39, 0.29) is 17.7 Å². The van der Waals surface area contributed by atoms with Gasteiger partial charge in [0, 0.05) is 64.9 Å². The maximum atomic E-state index is 13.6. The summed E-state index contributed by atoms with van der Waals surface area (Å²) < 4.78 is 1.79. The summed E-state index contributed by atoms with van der Waals surface area (Å²) in [4.78, 5) is 40.5. The Balaban J connectivity index is 1.23. The third-order valence-corrected chi connectivity index (χ3v) is 7.74. The molecule has 2 amide bonds. The fraction of sp³-hybridized carbons (Fsp3) is 0.233. The average Bonchev–Trinajstić information content (AvgIpc) is 3.52. The van der Waals surface area contributed by atoms with Crippen LogP contribution in [0, 0.1) is 19.8 Å². The van der Waals surface area contributed by atoms with Gasteiger partial charge in [0.05, 0.1) is 23.4 Å². The van der Waals surface area contributed by atoms with Crippen LogP contribution in [-0.4, -0.2) is 36.5 Å². The first-order chi connectivity index (χ1) is 19.4. The summed E-state index contributed by atoms with van der Waals surface area (Å²) in [5.41, 5.74) is 7.44. The van der Waals surface area contributed by atoms with E-state index in [1.807, 2.05) is 69.6 Å². The molecule has 4 heterocycles. The largest absolute Gasteiger partial charge is 0.359 e. The summed E-state index contributed by atoms with van der Waals surface area (Å²) in [5.74, 6) is 1.16. The molecule has 0 bridgehead atoms. The summed E-state index contributed by atoms with van der Waals surface area (Å²) in [7, 11) is 1.89. The Labute approximate surface area is 230 Å². The molecule has 0 atom stereocenters. The molecule has 1 aliphatic heterocycles. The van der Waals surface area contributed by atoms with E-state index in [9.17, 15) is 9.59 Å². The van der Waals surface area contributed by atoms with Crippen molar-refractivity contribution in [2.24, 2.45) is 13.0 Å². The topological polar surface area (TPSA) is 121 Å². The molecule has 0 spiro atoms. The number of nitrogens with zero attached hydrogens (tertiary/aromatic N) is 5. The average molecular weight is 533 g/mol. The van der Waals surface area contributed by atoms with Crippen LogP contribution in [0.5, 0.6) is 0 Å². The van der Waals surface area contributed by atoms with Gasteiger partial charge >= 0.3 is 0 Å². The van der Waals surface area contributed by atoms with Gasteiger partial charge < -0.3 is 20.5 Å². The molecule has 10 nitrogen and oxygen atoms in total. The van der Waals surface area contributed by atoms with Gasteiger partial charge in [-0.05, 0) is 50.5 Å². The number of para-hydroxylation sites is 1. The number of nitrogens with one attached hydrogen (secondary N) is 3.